The SMILES string of the molecule is CSc1ccccc1N1CCC(=O)NC(C(C)C)C1=O. The molecular formula is C15H20N2O2S. The van der Waals surface area contributed by atoms with E-state index in [-0.39, 0.29) is 17.7 Å². The minimum absolute atomic E-state index is 0.0210. The van der Waals surface area contributed by atoms with Crippen LogP contribution >= 0.6 is 11.8 Å². The molecule has 1 atom stereocenters. The zero-order valence-electron chi connectivity index (χ0n) is 12.1. The van der Waals surface area contributed by atoms with Gasteiger partial charge in [0.2, 0.25) is 11.8 Å². The first kappa shape index (κ1) is 14.9. The van der Waals surface area contributed by atoms with Gasteiger partial charge in [-0.05, 0) is 24.3 Å². The molecule has 2 rings (SSSR count). The Morgan fingerprint density at radius 3 is 2.65 bits per heavy atom. The lowest BCUT2D eigenvalue weighted by Gasteiger charge is -2.27. The molecule has 0 aromatic heterocycles. The van der Waals surface area contributed by atoms with Crippen LogP contribution in [0.4, 0.5) is 5.69 Å². The molecule has 0 aliphatic carbocycles. The normalized spacial score (nSPS) is 20.0. The fourth-order valence-electron chi connectivity index (χ4n) is 2.34. The second-order valence-corrected chi connectivity index (χ2v) is 6.05. The van der Waals surface area contributed by atoms with E-state index in [9.17, 15) is 9.59 Å². The molecule has 2 amide bonds. The number of para-hydroxylation sites is 1. The van der Waals surface area contributed by atoms with Crippen LogP contribution in [0.1, 0.15) is 20.3 Å². The highest BCUT2D eigenvalue weighted by molar-refractivity contribution is 7.98. The van der Waals surface area contributed by atoms with E-state index in [1.165, 1.54) is 0 Å². The Balaban J connectivity index is 2.38. The molecule has 1 aliphatic rings. The second kappa shape index (κ2) is 6.31. The summed E-state index contributed by atoms with van der Waals surface area (Å²) in [6.07, 6.45) is 2.34. The zero-order chi connectivity index (χ0) is 14.7. The summed E-state index contributed by atoms with van der Waals surface area (Å²) >= 11 is 1.61. The molecule has 1 heterocycles. The van der Waals surface area contributed by atoms with E-state index >= 15 is 0 Å². The topological polar surface area (TPSA) is 49.4 Å². The molecule has 108 valence electrons. The summed E-state index contributed by atoms with van der Waals surface area (Å²) in [5.74, 6) is 0.00187. The quantitative estimate of drug-likeness (QED) is 0.870. The molecule has 4 nitrogen and oxygen atoms in total. The molecule has 5 heteroatoms. The number of anilines is 1. The van der Waals surface area contributed by atoms with Crippen molar-refractivity contribution in [3.63, 3.8) is 0 Å². The summed E-state index contributed by atoms with van der Waals surface area (Å²) < 4.78 is 0. The number of carbonyl (C=O) groups excluding carboxylic acids is 2. The standard InChI is InChI=1S/C15H20N2O2S/c1-10(2)14-15(19)17(9-8-13(18)16-14)11-6-4-5-7-12(11)20-3/h4-7,10,14H,8-9H2,1-3H3,(H,16,18). The summed E-state index contributed by atoms with van der Waals surface area (Å²) in [4.78, 5) is 27.3. The number of nitrogens with zero attached hydrogens (tertiary/aromatic N) is 1. The highest BCUT2D eigenvalue weighted by Gasteiger charge is 2.33. The lowest BCUT2D eigenvalue weighted by atomic mass is 10.0. The van der Waals surface area contributed by atoms with Crippen molar-refractivity contribution in [3.05, 3.63) is 24.3 Å². The third-order valence-corrected chi connectivity index (χ3v) is 4.24. The summed E-state index contributed by atoms with van der Waals surface area (Å²) in [6.45, 7) is 4.34. The smallest absolute Gasteiger partial charge is 0.249 e. The number of thioether (sulfide) groups is 1. The van der Waals surface area contributed by atoms with Gasteiger partial charge in [0, 0.05) is 17.9 Å². The van der Waals surface area contributed by atoms with Crippen LogP contribution in [0, 0.1) is 5.92 Å². The lowest BCUT2D eigenvalue weighted by molar-refractivity contribution is -0.126. The van der Waals surface area contributed by atoms with Crippen molar-refractivity contribution < 1.29 is 9.59 Å². The second-order valence-electron chi connectivity index (χ2n) is 5.20. The number of benzene rings is 1. The maximum absolute atomic E-state index is 12.7. The van der Waals surface area contributed by atoms with E-state index in [1.807, 2.05) is 44.4 Å². The Morgan fingerprint density at radius 1 is 1.30 bits per heavy atom. The third kappa shape index (κ3) is 2.98. The lowest BCUT2D eigenvalue weighted by Crippen LogP contribution is -2.48. The van der Waals surface area contributed by atoms with E-state index in [0.717, 1.165) is 10.6 Å². The number of hydrogen-bond acceptors (Lipinski definition) is 3. The van der Waals surface area contributed by atoms with Crippen molar-refractivity contribution >= 4 is 29.3 Å². The van der Waals surface area contributed by atoms with Crippen LogP contribution in [0.25, 0.3) is 0 Å². The Hall–Kier alpha value is -1.49. The highest BCUT2D eigenvalue weighted by Crippen LogP contribution is 2.30. The van der Waals surface area contributed by atoms with Gasteiger partial charge in [0.05, 0.1) is 5.69 Å². The van der Waals surface area contributed by atoms with Gasteiger partial charge in [-0.25, -0.2) is 0 Å². The van der Waals surface area contributed by atoms with E-state index in [4.69, 9.17) is 0 Å². The summed E-state index contributed by atoms with van der Waals surface area (Å²) in [5.41, 5.74) is 0.896. The molecule has 1 aromatic carbocycles. The van der Waals surface area contributed by atoms with Gasteiger partial charge in [0.25, 0.3) is 0 Å². The van der Waals surface area contributed by atoms with Crippen LogP contribution in [-0.4, -0.2) is 30.7 Å². The number of carbonyl (C=O) groups is 2. The zero-order valence-corrected chi connectivity index (χ0v) is 12.9. The van der Waals surface area contributed by atoms with Crippen molar-refractivity contribution in [1.82, 2.24) is 5.32 Å². The van der Waals surface area contributed by atoms with Crippen molar-refractivity contribution in [2.45, 2.75) is 31.2 Å². The molecule has 0 radical (unpaired) electrons. The van der Waals surface area contributed by atoms with E-state index in [2.05, 4.69) is 5.32 Å². The Labute approximate surface area is 123 Å². The van der Waals surface area contributed by atoms with E-state index < -0.39 is 6.04 Å². The monoisotopic (exact) mass is 292 g/mol. The summed E-state index contributed by atoms with van der Waals surface area (Å²) in [5, 5.41) is 2.83. The molecular weight excluding hydrogens is 272 g/mol. The Kier molecular flexibility index (Phi) is 4.70. The van der Waals surface area contributed by atoms with Gasteiger partial charge in [0.15, 0.2) is 0 Å². The van der Waals surface area contributed by atoms with Crippen LogP contribution in [-0.2, 0) is 9.59 Å². The summed E-state index contributed by atoms with van der Waals surface area (Å²) in [7, 11) is 0. The highest BCUT2D eigenvalue weighted by atomic mass is 32.2. The third-order valence-electron chi connectivity index (χ3n) is 3.45. The Bertz CT molecular complexity index is 516. The number of hydrogen-bond donors (Lipinski definition) is 1. The van der Waals surface area contributed by atoms with Crippen LogP contribution in [0.2, 0.25) is 0 Å². The first-order valence-electron chi connectivity index (χ1n) is 6.78. The van der Waals surface area contributed by atoms with E-state index in [1.54, 1.807) is 16.7 Å². The molecule has 1 aromatic rings. The first-order valence-corrected chi connectivity index (χ1v) is 8.01. The molecule has 1 unspecified atom stereocenters. The number of amides is 2. The fourth-order valence-corrected chi connectivity index (χ4v) is 2.94. The van der Waals surface area contributed by atoms with Gasteiger partial charge in [0.1, 0.15) is 6.04 Å². The predicted octanol–water partition coefficient (Wildman–Crippen LogP) is 2.29. The van der Waals surface area contributed by atoms with Gasteiger partial charge < -0.3 is 10.2 Å². The van der Waals surface area contributed by atoms with Crippen LogP contribution in [0.15, 0.2) is 29.2 Å². The predicted molar refractivity (Wildman–Crippen MR) is 82.0 cm³/mol. The molecule has 1 saturated heterocycles. The van der Waals surface area contributed by atoms with Gasteiger partial charge in [-0.2, -0.15) is 0 Å². The van der Waals surface area contributed by atoms with Gasteiger partial charge in [-0.3, -0.25) is 9.59 Å². The first-order chi connectivity index (χ1) is 9.54. The number of nitrogens with one attached hydrogen (secondary N) is 1. The molecule has 1 N–H and O–H groups in total. The minimum atomic E-state index is -0.445. The minimum Gasteiger partial charge on any atom is -0.344 e. The molecule has 0 spiro atoms. The van der Waals surface area contributed by atoms with Crippen molar-refractivity contribution in [1.29, 1.82) is 0 Å². The maximum Gasteiger partial charge on any atom is 0.249 e. The van der Waals surface area contributed by atoms with Crippen molar-refractivity contribution in [2.75, 3.05) is 17.7 Å². The van der Waals surface area contributed by atoms with Crippen molar-refractivity contribution in [2.24, 2.45) is 5.92 Å². The van der Waals surface area contributed by atoms with Crippen LogP contribution in [0.3, 0.4) is 0 Å². The van der Waals surface area contributed by atoms with Gasteiger partial charge in [-0.15, -0.1) is 11.8 Å². The van der Waals surface area contributed by atoms with Gasteiger partial charge >= 0.3 is 0 Å². The fraction of sp³-hybridized carbons (Fsp3) is 0.467. The molecule has 0 bridgehead atoms. The average Bonchev–Trinajstić information content (AvgIpc) is 2.58. The summed E-state index contributed by atoms with van der Waals surface area (Å²) in [6, 6.07) is 7.38. The number of rotatable bonds is 3. The molecule has 20 heavy (non-hydrogen) atoms. The van der Waals surface area contributed by atoms with Crippen molar-refractivity contribution in [3.8, 4) is 0 Å². The maximum atomic E-state index is 12.7. The molecule has 1 aliphatic heterocycles. The average molecular weight is 292 g/mol. The van der Waals surface area contributed by atoms with Gasteiger partial charge in [-0.1, -0.05) is 26.0 Å². The molecule has 1 fully saturated rings. The largest absolute Gasteiger partial charge is 0.344 e. The van der Waals surface area contributed by atoms with Crippen LogP contribution in [0.5, 0.6) is 0 Å². The molecule has 0 saturated carbocycles. The van der Waals surface area contributed by atoms with Crippen LogP contribution < -0.4 is 10.2 Å². The van der Waals surface area contributed by atoms with E-state index in [0.29, 0.717) is 13.0 Å². The Morgan fingerprint density at radius 2 is 2.00 bits per heavy atom.